The third kappa shape index (κ3) is 2.98. The lowest BCUT2D eigenvalue weighted by Gasteiger charge is -2.26. The zero-order valence-corrected chi connectivity index (χ0v) is 14.1. The van der Waals surface area contributed by atoms with Crippen LogP contribution in [0.15, 0.2) is 33.2 Å². The van der Waals surface area contributed by atoms with Crippen molar-refractivity contribution in [3.8, 4) is 0 Å². The molecule has 1 heterocycles. The molecule has 1 aromatic carbocycles. The molecule has 1 aliphatic heterocycles. The van der Waals surface area contributed by atoms with E-state index in [0.717, 1.165) is 23.1 Å². The van der Waals surface area contributed by atoms with E-state index in [4.69, 9.17) is 5.73 Å². The number of halogens is 1. The van der Waals surface area contributed by atoms with Gasteiger partial charge in [-0.25, -0.2) is 8.42 Å². The molecule has 20 heavy (non-hydrogen) atoms. The second kappa shape index (κ2) is 5.97. The van der Waals surface area contributed by atoms with Gasteiger partial charge >= 0.3 is 0 Å². The van der Waals surface area contributed by atoms with Crippen LogP contribution in [0.25, 0.3) is 0 Å². The summed E-state index contributed by atoms with van der Waals surface area (Å²) in [5.74, 6) is 0. The summed E-state index contributed by atoms with van der Waals surface area (Å²) >= 11 is 3.40. The van der Waals surface area contributed by atoms with Crippen LogP contribution in [0.4, 0.5) is 0 Å². The molecule has 0 fully saturated rings. The highest BCUT2D eigenvalue weighted by Gasteiger charge is 2.28. The first-order chi connectivity index (χ1) is 9.36. The standard InChI is InChI=1S/C14H19BrN2O2S/c1-10-4-3-5-17(9-10)20(18,19)13-7-12(8-16)6-11(2)14(13)15/h4,6-7H,3,5,8-9,16H2,1-2H3. The highest BCUT2D eigenvalue weighted by Crippen LogP contribution is 2.30. The van der Waals surface area contributed by atoms with E-state index in [1.165, 1.54) is 4.31 Å². The molecule has 2 rings (SSSR count). The Morgan fingerprint density at radius 3 is 2.65 bits per heavy atom. The first-order valence-corrected chi connectivity index (χ1v) is 8.74. The molecule has 1 aromatic rings. The van der Waals surface area contributed by atoms with Crippen molar-refractivity contribution in [2.75, 3.05) is 13.1 Å². The molecular formula is C14H19BrN2O2S. The zero-order valence-electron chi connectivity index (χ0n) is 11.7. The molecule has 110 valence electrons. The molecule has 2 N–H and O–H groups in total. The minimum atomic E-state index is -3.49. The maximum Gasteiger partial charge on any atom is 0.244 e. The molecule has 6 heteroatoms. The van der Waals surface area contributed by atoms with Gasteiger partial charge in [-0.1, -0.05) is 17.7 Å². The van der Waals surface area contributed by atoms with E-state index in [9.17, 15) is 8.42 Å². The predicted octanol–water partition coefficient (Wildman–Crippen LogP) is 2.56. The van der Waals surface area contributed by atoms with Gasteiger partial charge in [0, 0.05) is 24.1 Å². The van der Waals surface area contributed by atoms with Gasteiger partial charge in [0.1, 0.15) is 0 Å². The van der Waals surface area contributed by atoms with Crippen molar-refractivity contribution in [3.05, 3.63) is 39.4 Å². The van der Waals surface area contributed by atoms with Crippen molar-refractivity contribution < 1.29 is 8.42 Å². The second-order valence-electron chi connectivity index (χ2n) is 5.11. The minimum Gasteiger partial charge on any atom is -0.326 e. The Bertz CT molecular complexity index is 653. The molecule has 0 atom stereocenters. The van der Waals surface area contributed by atoms with Crippen molar-refractivity contribution in [3.63, 3.8) is 0 Å². The average Bonchev–Trinajstić information content (AvgIpc) is 2.41. The van der Waals surface area contributed by atoms with Crippen molar-refractivity contribution in [2.24, 2.45) is 5.73 Å². The van der Waals surface area contributed by atoms with E-state index in [-0.39, 0.29) is 0 Å². The summed E-state index contributed by atoms with van der Waals surface area (Å²) in [5.41, 5.74) is 8.45. The van der Waals surface area contributed by atoms with Crippen molar-refractivity contribution in [2.45, 2.75) is 31.7 Å². The Hall–Kier alpha value is -0.690. The van der Waals surface area contributed by atoms with Crippen LogP contribution in [0.2, 0.25) is 0 Å². The van der Waals surface area contributed by atoms with Crippen LogP contribution in [-0.2, 0) is 16.6 Å². The third-order valence-electron chi connectivity index (χ3n) is 3.43. The van der Waals surface area contributed by atoms with Crippen LogP contribution in [0, 0.1) is 6.92 Å². The number of sulfonamides is 1. The van der Waals surface area contributed by atoms with E-state index < -0.39 is 10.0 Å². The van der Waals surface area contributed by atoms with E-state index >= 15 is 0 Å². The summed E-state index contributed by atoms with van der Waals surface area (Å²) in [6, 6.07) is 3.57. The number of rotatable bonds is 3. The number of benzene rings is 1. The van der Waals surface area contributed by atoms with Gasteiger partial charge in [-0.05, 0) is 53.4 Å². The summed E-state index contributed by atoms with van der Waals surface area (Å²) in [7, 11) is -3.49. The fraction of sp³-hybridized carbons (Fsp3) is 0.429. The lowest BCUT2D eigenvalue weighted by atomic mass is 10.1. The Labute approximate surface area is 128 Å². The molecule has 0 spiro atoms. The molecule has 0 amide bonds. The van der Waals surface area contributed by atoms with Gasteiger partial charge in [0.25, 0.3) is 0 Å². The summed E-state index contributed by atoms with van der Waals surface area (Å²) < 4.78 is 27.8. The molecule has 0 saturated heterocycles. The summed E-state index contributed by atoms with van der Waals surface area (Å²) in [5, 5.41) is 0. The molecule has 0 radical (unpaired) electrons. The fourth-order valence-electron chi connectivity index (χ4n) is 2.34. The molecule has 0 aromatic heterocycles. The number of aryl methyl sites for hydroxylation is 1. The monoisotopic (exact) mass is 358 g/mol. The summed E-state index contributed by atoms with van der Waals surface area (Å²) in [6.07, 6.45) is 2.85. The molecule has 1 aliphatic rings. The van der Waals surface area contributed by atoms with Gasteiger partial charge in [-0.2, -0.15) is 4.31 Å². The topological polar surface area (TPSA) is 63.4 Å². The maximum atomic E-state index is 12.8. The second-order valence-corrected chi connectivity index (χ2v) is 7.81. The van der Waals surface area contributed by atoms with Crippen LogP contribution < -0.4 is 5.73 Å². The Kier molecular flexibility index (Phi) is 4.69. The molecule has 0 saturated carbocycles. The number of hydrogen-bond acceptors (Lipinski definition) is 3. The largest absolute Gasteiger partial charge is 0.326 e. The van der Waals surface area contributed by atoms with Crippen LogP contribution >= 0.6 is 15.9 Å². The van der Waals surface area contributed by atoms with Gasteiger partial charge in [0.2, 0.25) is 10.0 Å². The van der Waals surface area contributed by atoms with Gasteiger partial charge in [-0.15, -0.1) is 0 Å². The first-order valence-electron chi connectivity index (χ1n) is 6.51. The van der Waals surface area contributed by atoms with Crippen LogP contribution in [0.1, 0.15) is 24.5 Å². The molecule has 0 bridgehead atoms. The smallest absolute Gasteiger partial charge is 0.244 e. The normalized spacial score (nSPS) is 17.1. The highest BCUT2D eigenvalue weighted by molar-refractivity contribution is 9.10. The summed E-state index contributed by atoms with van der Waals surface area (Å²) in [4.78, 5) is 0.313. The summed E-state index contributed by atoms with van der Waals surface area (Å²) in [6.45, 7) is 5.15. The van der Waals surface area contributed by atoms with E-state index in [1.54, 1.807) is 6.07 Å². The molecule has 0 aliphatic carbocycles. The van der Waals surface area contributed by atoms with E-state index in [1.807, 2.05) is 19.9 Å². The van der Waals surface area contributed by atoms with Crippen molar-refractivity contribution >= 4 is 26.0 Å². The number of hydrogen-bond donors (Lipinski definition) is 1. The number of nitrogens with zero attached hydrogens (tertiary/aromatic N) is 1. The average molecular weight is 359 g/mol. The Morgan fingerprint density at radius 2 is 2.05 bits per heavy atom. The predicted molar refractivity (Wildman–Crippen MR) is 83.9 cm³/mol. The van der Waals surface area contributed by atoms with Crippen molar-refractivity contribution in [1.82, 2.24) is 4.31 Å². The van der Waals surface area contributed by atoms with Gasteiger partial charge in [-0.3, -0.25) is 0 Å². The SMILES string of the molecule is CC1=CCCN(S(=O)(=O)c2cc(CN)cc(C)c2Br)C1. The first kappa shape index (κ1) is 15.7. The fourth-order valence-corrected chi connectivity index (χ4v) is 4.86. The third-order valence-corrected chi connectivity index (χ3v) is 6.62. The maximum absolute atomic E-state index is 12.8. The number of nitrogens with two attached hydrogens (primary N) is 1. The van der Waals surface area contributed by atoms with E-state index in [0.29, 0.717) is 29.0 Å². The Balaban J connectivity index is 2.49. The van der Waals surface area contributed by atoms with E-state index in [2.05, 4.69) is 22.0 Å². The van der Waals surface area contributed by atoms with Gasteiger partial charge < -0.3 is 5.73 Å². The molecule has 4 nitrogen and oxygen atoms in total. The minimum absolute atomic E-state index is 0.313. The Morgan fingerprint density at radius 1 is 1.35 bits per heavy atom. The van der Waals surface area contributed by atoms with Crippen LogP contribution in [0.5, 0.6) is 0 Å². The van der Waals surface area contributed by atoms with Gasteiger partial charge in [0.15, 0.2) is 0 Å². The zero-order chi connectivity index (χ0) is 14.9. The lowest BCUT2D eigenvalue weighted by molar-refractivity contribution is 0.427. The van der Waals surface area contributed by atoms with Gasteiger partial charge in [0.05, 0.1) is 4.90 Å². The van der Waals surface area contributed by atoms with Crippen LogP contribution in [-0.4, -0.2) is 25.8 Å². The van der Waals surface area contributed by atoms with Crippen LogP contribution in [0.3, 0.4) is 0 Å². The molecule has 0 unspecified atom stereocenters. The highest BCUT2D eigenvalue weighted by atomic mass is 79.9. The lowest BCUT2D eigenvalue weighted by Crippen LogP contribution is -2.35. The van der Waals surface area contributed by atoms with Crippen molar-refractivity contribution in [1.29, 1.82) is 0 Å². The quantitative estimate of drug-likeness (QED) is 0.844. The molecular weight excluding hydrogens is 340 g/mol.